The van der Waals surface area contributed by atoms with E-state index in [9.17, 15) is 0 Å². The summed E-state index contributed by atoms with van der Waals surface area (Å²) in [4.78, 5) is 0. The third-order valence-electron chi connectivity index (χ3n) is 0.211. The molecule has 0 radical (unpaired) electrons. The average Bonchev–Trinajstić information content (AvgIpc) is 1.65. The monoisotopic (exact) mass is 136 g/mol. The fourth-order valence-corrected chi connectivity index (χ4v) is 0. The van der Waals surface area contributed by atoms with Gasteiger partial charge in [-0.15, -0.1) is 0 Å². The molecule has 0 fully saturated rings. The molecule has 0 heterocycles. The van der Waals surface area contributed by atoms with Crippen LogP contribution in [0.15, 0.2) is 0 Å². The third kappa shape index (κ3) is 74.9. The van der Waals surface area contributed by atoms with Crippen LogP contribution < -0.4 is 0 Å². The van der Waals surface area contributed by atoms with Gasteiger partial charge in [-0.05, 0) is 6.82 Å². The highest BCUT2D eigenvalue weighted by molar-refractivity contribution is 6.38. The molecule has 0 saturated carbocycles. The van der Waals surface area contributed by atoms with Crippen molar-refractivity contribution in [3.8, 4) is 0 Å². The summed E-state index contributed by atoms with van der Waals surface area (Å²) >= 11 is 0. The lowest BCUT2D eigenvalue weighted by molar-refractivity contribution is 0.229. The minimum absolute atomic E-state index is 1.17. The second-order valence-electron chi connectivity index (χ2n) is 1.19. The van der Waals surface area contributed by atoms with Crippen LogP contribution in [0.3, 0.4) is 0 Å². The summed E-state index contributed by atoms with van der Waals surface area (Å²) in [5, 5.41) is 30.6. The summed E-state index contributed by atoms with van der Waals surface area (Å²) < 4.78 is 3.86. The van der Waals surface area contributed by atoms with Crippen LogP contribution in [0, 0.1) is 0 Å². The van der Waals surface area contributed by atoms with Crippen molar-refractivity contribution in [2.45, 2.75) is 6.82 Å². The standard InChI is InChI=1S/CH5BO3.CH5BO2/c1-5-2(3)4;1-2(3)4/h3-4H,1H3;3-4H,1H3. The molecule has 0 rings (SSSR count). The summed E-state index contributed by atoms with van der Waals surface area (Å²) in [6, 6.07) is 0. The quantitative estimate of drug-likeness (QED) is 0.304. The molecule has 54 valence electrons. The Hall–Kier alpha value is -0.0701. The summed E-state index contributed by atoms with van der Waals surface area (Å²) in [7, 11) is -1.58. The highest BCUT2D eigenvalue weighted by Crippen LogP contribution is 1.59. The SMILES string of the molecule is CB(O)O.COB(O)O. The lowest BCUT2D eigenvalue weighted by Gasteiger charge is -1.84. The third-order valence-corrected chi connectivity index (χ3v) is 0.211. The molecule has 4 N–H and O–H groups in total. The fourth-order valence-electron chi connectivity index (χ4n) is 0. The van der Waals surface area contributed by atoms with E-state index in [1.54, 1.807) is 0 Å². The molecule has 5 nitrogen and oxygen atoms in total. The van der Waals surface area contributed by atoms with E-state index in [4.69, 9.17) is 20.1 Å². The Balaban J connectivity index is 0. The van der Waals surface area contributed by atoms with Crippen LogP contribution in [0.25, 0.3) is 0 Å². The lowest BCUT2D eigenvalue weighted by Crippen LogP contribution is -2.12. The van der Waals surface area contributed by atoms with Gasteiger partial charge in [-0.25, -0.2) is 0 Å². The largest absolute Gasteiger partial charge is 0.633 e. The molecule has 0 aromatic heterocycles. The molecule has 0 bridgehead atoms. The van der Waals surface area contributed by atoms with E-state index in [1.807, 2.05) is 0 Å². The Bertz CT molecular complexity index is 45.5. The van der Waals surface area contributed by atoms with Gasteiger partial charge in [-0.1, -0.05) is 0 Å². The van der Waals surface area contributed by atoms with E-state index in [0.717, 1.165) is 0 Å². The highest BCUT2D eigenvalue weighted by atomic mass is 16.6. The predicted octanol–water partition coefficient (Wildman–Crippen LogP) is -2.31. The maximum atomic E-state index is 7.69. The van der Waals surface area contributed by atoms with Crippen molar-refractivity contribution in [1.82, 2.24) is 0 Å². The predicted molar refractivity (Wildman–Crippen MR) is 33.3 cm³/mol. The highest BCUT2D eigenvalue weighted by Gasteiger charge is 2.00. The summed E-state index contributed by atoms with van der Waals surface area (Å²) in [6.45, 7) is 1.28. The topological polar surface area (TPSA) is 90.2 Å². The molecular weight excluding hydrogens is 126 g/mol. The number of hydrogen-bond acceptors (Lipinski definition) is 5. The van der Waals surface area contributed by atoms with E-state index in [-0.39, 0.29) is 0 Å². The van der Waals surface area contributed by atoms with E-state index in [1.165, 1.54) is 13.9 Å². The Morgan fingerprint density at radius 3 is 1.22 bits per heavy atom. The molecule has 0 atom stereocenters. The Morgan fingerprint density at radius 1 is 1.11 bits per heavy atom. The van der Waals surface area contributed by atoms with Gasteiger partial charge in [0.2, 0.25) is 0 Å². The minimum atomic E-state index is -1.62. The molecule has 7 heteroatoms. The second-order valence-corrected chi connectivity index (χ2v) is 1.19. The first kappa shape index (κ1) is 11.7. The van der Waals surface area contributed by atoms with Crippen LogP contribution in [0.2, 0.25) is 6.82 Å². The van der Waals surface area contributed by atoms with Gasteiger partial charge in [-0.2, -0.15) is 0 Å². The molecule has 0 spiro atoms. The minimum Gasteiger partial charge on any atom is -0.427 e. The zero-order valence-corrected chi connectivity index (χ0v) is 5.35. The number of rotatable bonds is 1. The molecule has 9 heavy (non-hydrogen) atoms. The maximum Gasteiger partial charge on any atom is 0.633 e. The van der Waals surface area contributed by atoms with Crippen LogP contribution in [0.4, 0.5) is 0 Å². The Labute approximate surface area is 54.2 Å². The lowest BCUT2D eigenvalue weighted by atomic mass is 9.99. The van der Waals surface area contributed by atoms with Gasteiger partial charge in [0, 0.05) is 7.11 Å². The first-order valence-electron chi connectivity index (χ1n) is 2.25. The van der Waals surface area contributed by atoms with Gasteiger partial charge in [0.05, 0.1) is 0 Å². The van der Waals surface area contributed by atoms with E-state index >= 15 is 0 Å². The second kappa shape index (κ2) is 7.93. The van der Waals surface area contributed by atoms with Crippen LogP contribution in [-0.2, 0) is 4.65 Å². The van der Waals surface area contributed by atoms with Crippen LogP contribution in [-0.4, -0.2) is 41.6 Å². The molecule has 0 aliphatic heterocycles. The summed E-state index contributed by atoms with van der Waals surface area (Å²) in [5.74, 6) is 0. The molecule has 0 unspecified atom stereocenters. The molecular formula is C2H10B2O5. The van der Waals surface area contributed by atoms with E-state index in [2.05, 4.69) is 4.65 Å². The van der Waals surface area contributed by atoms with Gasteiger partial charge < -0.3 is 24.8 Å². The molecule has 0 aliphatic rings. The fraction of sp³-hybridized carbons (Fsp3) is 1.00. The van der Waals surface area contributed by atoms with Gasteiger partial charge >= 0.3 is 14.4 Å². The average molecular weight is 136 g/mol. The van der Waals surface area contributed by atoms with Crippen molar-refractivity contribution in [3.05, 3.63) is 0 Å². The normalized spacial score (nSPS) is 7.33. The Kier molecular flexibility index (Phi) is 10.3. The van der Waals surface area contributed by atoms with Crippen LogP contribution >= 0.6 is 0 Å². The van der Waals surface area contributed by atoms with Crippen molar-refractivity contribution in [2.75, 3.05) is 7.11 Å². The molecule has 0 aromatic rings. The van der Waals surface area contributed by atoms with E-state index in [0.29, 0.717) is 0 Å². The molecule has 0 aromatic carbocycles. The molecule has 0 saturated heterocycles. The van der Waals surface area contributed by atoms with E-state index < -0.39 is 14.4 Å². The van der Waals surface area contributed by atoms with Gasteiger partial charge in [0.1, 0.15) is 0 Å². The van der Waals surface area contributed by atoms with Crippen molar-refractivity contribution in [1.29, 1.82) is 0 Å². The zero-order valence-electron chi connectivity index (χ0n) is 5.35. The van der Waals surface area contributed by atoms with Gasteiger partial charge in [-0.3, -0.25) is 0 Å². The van der Waals surface area contributed by atoms with Gasteiger partial charge in [0.15, 0.2) is 0 Å². The van der Waals surface area contributed by atoms with Crippen LogP contribution in [0.1, 0.15) is 0 Å². The smallest absolute Gasteiger partial charge is 0.427 e. The molecule has 0 aliphatic carbocycles. The van der Waals surface area contributed by atoms with Crippen molar-refractivity contribution in [2.24, 2.45) is 0 Å². The van der Waals surface area contributed by atoms with Gasteiger partial charge in [0.25, 0.3) is 0 Å². The first-order chi connectivity index (χ1) is 4.00. The maximum absolute atomic E-state index is 7.69. The first-order valence-corrected chi connectivity index (χ1v) is 2.25. The molecule has 0 amide bonds. The Morgan fingerprint density at radius 2 is 1.22 bits per heavy atom. The summed E-state index contributed by atoms with van der Waals surface area (Å²) in [5.41, 5.74) is 0. The zero-order chi connectivity index (χ0) is 7.86. The van der Waals surface area contributed by atoms with Crippen molar-refractivity contribution < 1.29 is 24.8 Å². The van der Waals surface area contributed by atoms with Crippen molar-refractivity contribution >= 4 is 14.4 Å². The number of hydrogen-bond donors (Lipinski definition) is 4. The summed E-state index contributed by atoms with van der Waals surface area (Å²) in [6.07, 6.45) is 0. The van der Waals surface area contributed by atoms with Crippen molar-refractivity contribution in [3.63, 3.8) is 0 Å². The van der Waals surface area contributed by atoms with Crippen LogP contribution in [0.5, 0.6) is 0 Å².